The topological polar surface area (TPSA) is 50.8 Å². The summed E-state index contributed by atoms with van der Waals surface area (Å²) >= 11 is 1.84. The van der Waals surface area contributed by atoms with E-state index in [9.17, 15) is 4.79 Å². The molecule has 0 fully saturated rings. The maximum absolute atomic E-state index is 12.7. The molecule has 6 heteroatoms. The molecular formula is C22H28N2O3S. The van der Waals surface area contributed by atoms with Gasteiger partial charge in [-0.2, -0.15) is 0 Å². The minimum Gasteiger partial charge on any atom is -0.493 e. The van der Waals surface area contributed by atoms with Gasteiger partial charge in [0.1, 0.15) is 0 Å². The first-order valence-corrected chi connectivity index (χ1v) is 10.7. The molecule has 1 aliphatic rings. The molecule has 0 bridgehead atoms. The first-order chi connectivity index (χ1) is 13.7. The van der Waals surface area contributed by atoms with Crippen LogP contribution in [0.2, 0.25) is 0 Å². The summed E-state index contributed by atoms with van der Waals surface area (Å²) in [6.07, 6.45) is 2.40. The molecule has 0 saturated heterocycles. The molecule has 28 heavy (non-hydrogen) atoms. The lowest BCUT2D eigenvalue weighted by Crippen LogP contribution is -2.34. The number of thioether (sulfide) groups is 1. The molecule has 0 aliphatic carbocycles. The summed E-state index contributed by atoms with van der Waals surface area (Å²) in [6.45, 7) is 2.29. The number of nitrogens with zero attached hydrogens (tertiary/aromatic N) is 1. The van der Waals surface area contributed by atoms with Crippen LogP contribution in [0.15, 0.2) is 47.4 Å². The molecule has 0 radical (unpaired) electrons. The van der Waals surface area contributed by atoms with E-state index < -0.39 is 0 Å². The Bertz CT molecular complexity index is 797. The fourth-order valence-electron chi connectivity index (χ4n) is 3.31. The van der Waals surface area contributed by atoms with Crippen LogP contribution in [0, 0.1) is 0 Å². The molecule has 1 aliphatic heterocycles. The number of methoxy groups -OCH3 is 2. The Hall–Kier alpha value is -2.18. The van der Waals surface area contributed by atoms with E-state index in [0.29, 0.717) is 13.0 Å². The van der Waals surface area contributed by atoms with Gasteiger partial charge in [0.05, 0.1) is 19.9 Å². The number of hydrogen-bond acceptors (Lipinski definition) is 5. The zero-order valence-electron chi connectivity index (χ0n) is 16.6. The Balaban J connectivity index is 1.46. The molecule has 5 nitrogen and oxygen atoms in total. The van der Waals surface area contributed by atoms with E-state index in [0.717, 1.165) is 48.9 Å². The van der Waals surface area contributed by atoms with Gasteiger partial charge in [0.25, 0.3) is 0 Å². The van der Waals surface area contributed by atoms with Gasteiger partial charge >= 0.3 is 0 Å². The predicted molar refractivity (Wildman–Crippen MR) is 115 cm³/mol. The third-order valence-electron chi connectivity index (χ3n) is 4.79. The molecule has 1 heterocycles. The Labute approximate surface area is 171 Å². The fourth-order valence-corrected chi connectivity index (χ4v) is 4.30. The van der Waals surface area contributed by atoms with Crippen molar-refractivity contribution in [2.75, 3.05) is 44.5 Å². The number of amides is 1. The van der Waals surface area contributed by atoms with E-state index in [1.165, 1.54) is 10.5 Å². The van der Waals surface area contributed by atoms with Gasteiger partial charge in [-0.15, -0.1) is 11.8 Å². The third-order valence-corrected chi connectivity index (χ3v) is 5.94. The van der Waals surface area contributed by atoms with Crippen LogP contribution in [0.3, 0.4) is 0 Å². The van der Waals surface area contributed by atoms with Gasteiger partial charge in [0.2, 0.25) is 5.91 Å². The summed E-state index contributed by atoms with van der Waals surface area (Å²) in [7, 11) is 3.28. The number of carbonyl (C=O) groups is 1. The Morgan fingerprint density at radius 3 is 2.75 bits per heavy atom. The van der Waals surface area contributed by atoms with Gasteiger partial charge in [-0.05, 0) is 55.0 Å². The Morgan fingerprint density at radius 2 is 1.93 bits per heavy atom. The molecule has 2 aromatic carbocycles. The maximum atomic E-state index is 12.7. The highest BCUT2D eigenvalue weighted by atomic mass is 32.2. The quantitative estimate of drug-likeness (QED) is 0.684. The molecule has 0 aromatic heterocycles. The lowest BCUT2D eigenvalue weighted by atomic mass is 10.1. The number of nitrogens with one attached hydrogen (secondary N) is 1. The van der Waals surface area contributed by atoms with E-state index in [2.05, 4.69) is 17.4 Å². The first kappa shape index (κ1) is 20.6. The number of fused-ring (bicyclic) bond motifs is 1. The van der Waals surface area contributed by atoms with Crippen LogP contribution in [0.4, 0.5) is 5.69 Å². The van der Waals surface area contributed by atoms with Crippen molar-refractivity contribution >= 4 is 23.4 Å². The molecule has 1 N–H and O–H groups in total. The highest BCUT2D eigenvalue weighted by molar-refractivity contribution is 7.99. The number of benzene rings is 2. The van der Waals surface area contributed by atoms with Gasteiger partial charge in [-0.3, -0.25) is 4.79 Å². The monoisotopic (exact) mass is 400 g/mol. The molecule has 0 spiro atoms. The van der Waals surface area contributed by atoms with Crippen molar-refractivity contribution in [1.29, 1.82) is 0 Å². The van der Waals surface area contributed by atoms with Crippen molar-refractivity contribution in [2.24, 2.45) is 0 Å². The van der Waals surface area contributed by atoms with Gasteiger partial charge in [-0.25, -0.2) is 0 Å². The number of para-hydroxylation sites is 1. The van der Waals surface area contributed by atoms with E-state index in [-0.39, 0.29) is 5.91 Å². The fraction of sp³-hybridized carbons (Fsp3) is 0.409. The second kappa shape index (κ2) is 10.4. The normalized spacial score (nSPS) is 13.6. The largest absolute Gasteiger partial charge is 0.493 e. The van der Waals surface area contributed by atoms with Gasteiger partial charge in [-0.1, -0.05) is 18.2 Å². The molecule has 1 amide bonds. The SMILES string of the molecule is COc1ccc(CCNCCC(=O)N2CCCSc3ccccc32)cc1OC. The van der Waals surface area contributed by atoms with Gasteiger partial charge in [0, 0.05) is 24.4 Å². The molecule has 2 aromatic rings. The van der Waals surface area contributed by atoms with Crippen LogP contribution >= 0.6 is 11.8 Å². The number of anilines is 1. The minimum absolute atomic E-state index is 0.188. The van der Waals surface area contributed by atoms with Crippen LogP contribution in [-0.4, -0.2) is 45.5 Å². The van der Waals surface area contributed by atoms with Crippen LogP contribution in [0.1, 0.15) is 18.4 Å². The average Bonchev–Trinajstić information content (AvgIpc) is 2.95. The van der Waals surface area contributed by atoms with E-state index in [1.54, 1.807) is 14.2 Å². The standard InChI is InChI=1S/C22H28N2O3S/c1-26-19-9-8-17(16-20(19)27-2)10-12-23-13-11-22(25)24-14-5-15-28-21-7-4-3-6-18(21)24/h3-4,6-9,16,23H,5,10-15H2,1-2H3. The van der Waals surface area contributed by atoms with Gasteiger partial charge in [0.15, 0.2) is 11.5 Å². The van der Waals surface area contributed by atoms with Crippen LogP contribution < -0.4 is 19.7 Å². The second-order valence-corrected chi connectivity index (χ2v) is 7.79. The zero-order valence-corrected chi connectivity index (χ0v) is 17.4. The van der Waals surface area contributed by atoms with Crippen molar-refractivity contribution in [3.63, 3.8) is 0 Å². The van der Waals surface area contributed by atoms with Crippen molar-refractivity contribution in [3.05, 3.63) is 48.0 Å². The highest BCUT2D eigenvalue weighted by Crippen LogP contribution is 2.33. The minimum atomic E-state index is 0.188. The molecule has 150 valence electrons. The Morgan fingerprint density at radius 1 is 1.11 bits per heavy atom. The summed E-state index contributed by atoms with van der Waals surface area (Å²) in [6, 6.07) is 14.2. The van der Waals surface area contributed by atoms with Crippen molar-refractivity contribution in [3.8, 4) is 11.5 Å². The number of rotatable bonds is 8. The third kappa shape index (κ3) is 5.20. The van der Waals surface area contributed by atoms with Crippen molar-refractivity contribution in [1.82, 2.24) is 5.32 Å². The van der Waals surface area contributed by atoms with E-state index in [1.807, 2.05) is 47.0 Å². The smallest absolute Gasteiger partial charge is 0.228 e. The first-order valence-electron chi connectivity index (χ1n) is 9.66. The summed E-state index contributed by atoms with van der Waals surface area (Å²) in [5.41, 5.74) is 2.23. The number of hydrogen-bond donors (Lipinski definition) is 1. The Kier molecular flexibility index (Phi) is 7.62. The highest BCUT2D eigenvalue weighted by Gasteiger charge is 2.20. The predicted octanol–water partition coefficient (Wildman–Crippen LogP) is 3.76. The second-order valence-electron chi connectivity index (χ2n) is 6.65. The van der Waals surface area contributed by atoms with Gasteiger partial charge < -0.3 is 19.7 Å². The van der Waals surface area contributed by atoms with Crippen LogP contribution in [0.5, 0.6) is 11.5 Å². The molecular weight excluding hydrogens is 372 g/mol. The summed E-state index contributed by atoms with van der Waals surface area (Å²) in [5.74, 6) is 2.73. The summed E-state index contributed by atoms with van der Waals surface area (Å²) in [4.78, 5) is 15.9. The number of carbonyl (C=O) groups excluding carboxylic acids is 1. The lowest BCUT2D eigenvalue weighted by molar-refractivity contribution is -0.118. The summed E-state index contributed by atoms with van der Waals surface area (Å²) in [5, 5.41) is 3.38. The van der Waals surface area contributed by atoms with Crippen molar-refractivity contribution < 1.29 is 14.3 Å². The van der Waals surface area contributed by atoms with E-state index >= 15 is 0 Å². The summed E-state index contributed by atoms with van der Waals surface area (Å²) < 4.78 is 10.6. The average molecular weight is 401 g/mol. The maximum Gasteiger partial charge on any atom is 0.228 e. The van der Waals surface area contributed by atoms with Crippen LogP contribution in [-0.2, 0) is 11.2 Å². The van der Waals surface area contributed by atoms with Crippen LogP contribution in [0.25, 0.3) is 0 Å². The lowest BCUT2D eigenvalue weighted by Gasteiger charge is -2.22. The van der Waals surface area contributed by atoms with E-state index in [4.69, 9.17) is 9.47 Å². The molecule has 0 saturated carbocycles. The van der Waals surface area contributed by atoms with Crippen molar-refractivity contribution in [2.45, 2.75) is 24.2 Å². The zero-order chi connectivity index (χ0) is 19.8. The molecule has 3 rings (SSSR count). The number of ether oxygens (including phenoxy) is 2. The molecule has 0 unspecified atom stereocenters. The molecule has 0 atom stereocenters.